The number of likely N-dealkylation sites (tertiary alicyclic amines) is 1. The maximum Gasteiger partial charge on any atom is 0.312 e. The first-order valence-electron chi connectivity index (χ1n) is 6.88. The monoisotopic (exact) mass is 260 g/mol. The molecule has 2 aliphatic rings. The summed E-state index contributed by atoms with van der Waals surface area (Å²) in [6, 6.07) is 8.47. The van der Waals surface area contributed by atoms with Crippen LogP contribution in [0.25, 0.3) is 0 Å². The average molecular weight is 260 g/mol. The number of carboxylic acid groups (broad SMARTS) is 1. The molecule has 1 saturated heterocycles. The average Bonchev–Trinajstić information content (AvgIpc) is 2.84. The lowest BCUT2D eigenvalue weighted by Gasteiger charge is -2.36. The van der Waals surface area contributed by atoms with Gasteiger partial charge in [-0.1, -0.05) is 24.3 Å². The number of benzene rings is 1. The first-order chi connectivity index (χ1) is 9.15. The van der Waals surface area contributed by atoms with Crippen LogP contribution in [0.15, 0.2) is 24.3 Å². The predicted octanol–water partition coefficient (Wildman–Crippen LogP) is 1.37. The lowest BCUT2D eigenvalue weighted by Crippen LogP contribution is -2.44. The number of rotatable bonds is 2. The van der Waals surface area contributed by atoms with E-state index in [-0.39, 0.29) is 5.92 Å². The molecule has 4 heteroatoms. The van der Waals surface area contributed by atoms with Crippen LogP contribution in [0.4, 0.5) is 0 Å². The molecule has 2 heterocycles. The number of likely N-dealkylation sites (N-methyl/N-ethyl adjacent to an activating group) is 1. The summed E-state index contributed by atoms with van der Waals surface area (Å²) in [7, 11) is 2.13. The van der Waals surface area contributed by atoms with Gasteiger partial charge in [-0.3, -0.25) is 9.69 Å². The van der Waals surface area contributed by atoms with E-state index in [9.17, 15) is 9.90 Å². The zero-order chi connectivity index (χ0) is 13.4. The fourth-order valence-electron chi connectivity index (χ4n) is 3.33. The highest BCUT2D eigenvalue weighted by Gasteiger charge is 2.35. The molecule has 1 aromatic rings. The second-order valence-corrected chi connectivity index (χ2v) is 5.72. The van der Waals surface area contributed by atoms with E-state index in [0.717, 1.165) is 31.6 Å². The van der Waals surface area contributed by atoms with Crippen molar-refractivity contribution in [3.05, 3.63) is 35.4 Å². The first-order valence-corrected chi connectivity index (χ1v) is 6.88. The van der Waals surface area contributed by atoms with Gasteiger partial charge < -0.3 is 10.0 Å². The Kier molecular flexibility index (Phi) is 3.29. The van der Waals surface area contributed by atoms with Crippen molar-refractivity contribution < 1.29 is 9.90 Å². The van der Waals surface area contributed by atoms with Gasteiger partial charge in [0.25, 0.3) is 0 Å². The third kappa shape index (κ3) is 2.38. The van der Waals surface area contributed by atoms with Gasteiger partial charge in [0.05, 0.1) is 5.92 Å². The lowest BCUT2D eigenvalue weighted by molar-refractivity contribution is -0.139. The molecule has 1 aromatic carbocycles. The Morgan fingerprint density at radius 3 is 2.79 bits per heavy atom. The molecule has 1 fully saturated rings. The highest BCUT2D eigenvalue weighted by molar-refractivity contribution is 5.77. The number of hydrogen-bond acceptors (Lipinski definition) is 3. The molecule has 2 unspecified atom stereocenters. The molecule has 0 spiro atoms. The molecular formula is C15H20N2O2. The van der Waals surface area contributed by atoms with Crippen LogP contribution in [-0.2, 0) is 11.3 Å². The molecule has 0 amide bonds. The number of aliphatic carboxylic acids is 1. The van der Waals surface area contributed by atoms with E-state index in [0.29, 0.717) is 12.6 Å². The zero-order valence-electron chi connectivity index (χ0n) is 11.2. The molecule has 0 aromatic heterocycles. The molecule has 0 bridgehead atoms. The summed E-state index contributed by atoms with van der Waals surface area (Å²) in [4.78, 5) is 16.2. The van der Waals surface area contributed by atoms with Crippen molar-refractivity contribution in [2.45, 2.75) is 24.9 Å². The Morgan fingerprint density at radius 2 is 2.11 bits per heavy atom. The van der Waals surface area contributed by atoms with Crippen molar-refractivity contribution in [1.29, 1.82) is 0 Å². The van der Waals surface area contributed by atoms with Crippen molar-refractivity contribution >= 4 is 5.97 Å². The van der Waals surface area contributed by atoms with E-state index in [2.05, 4.69) is 22.9 Å². The second-order valence-electron chi connectivity index (χ2n) is 5.72. The van der Waals surface area contributed by atoms with Gasteiger partial charge in [-0.25, -0.2) is 0 Å². The molecule has 4 nitrogen and oxygen atoms in total. The van der Waals surface area contributed by atoms with Gasteiger partial charge in [-0.2, -0.15) is 0 Å². The Hall–Kier alpha value is -1.39. The van der Waals surface area contributed by atoms with E-state index < -0.39 is 5.97 Å². The molecule has 0 aliphatic carbocycles. The fourth-order valence-corrected chi connectivity index (χ4v) is 3.33. The first kappa shape index (κ1) is 12.6. The van der Waals surface area contributed by atoms with Gasteiger partial charge >= 0.3 is 5.97 Å². The molecule has 2 atom stereocenters. The van der Waals surface area contributed by atoms with Gasteiger partial charge in [-0.05, 0) is 31.1 Å². The lowest BCUT2D eigenvalue weighted by atomic mass is 9.89. The van der Waals surface area contributed by atoms with E-state index >= 15 is 0 Å². The number of carboxylic acids is 1. The molecule has 0 radical (unpaired) electrons. The van der Waals surface area contributed by atoms with Crippen LogP contribution in [-0.4, -0.2) is 53.6 Å². The molecule has 2 aliphatic heterocycles. The summed E-state index contributed by atoms with van der Waals surface area (Å²) in [6.07, 6.45) is 1.14. The summed E-state index contributed by atoms with van der Waals surface area (Å²) in [5.41, 5.74) is 2.17. The standard InChI is InChI=1S/C15H20N2O2/c1-16-7-6-12(9-16)17-8-11-4-2-3-5-13(11)14(10-17)15(18)19/h2-5,12,14H,6-10H2,1H3,(H,18,19). The van der Waals surface area contributed by atoms with E-state index in [4.69, 9.17) is 0 Å². The molecule has 102 valence electrons. The van der Waals surface area contributed by atoms with Gasteiger partial charge in [0, 0.05) is 25.7 Å². The van der Waals surface area contributed by atoms with Crippen molar-refractivity contribution in [3.63, 3.8) is 0 Å². The van der Waals surface area contributed by atoms with Crippen LogP contribution in [0.5, 0.6) is 0 Å². The summed E-state index contributed by atoms with van der Waals surface area (Å²) >= 11 is 0. The number of nitrogens with zero attached hydrogens (tertiary/aromatic N) is 2. The van der Waals surface area contributed by atoms with Gasteiger partial charge in [-0.15, -0.1) is 0 Å². The Balaban J connectivity index is 1.86. The number of fused-ring (bicyclic) bond motifs is 1. The smallest absolute Gasteiger partial charge is 0.312 e. The highest BCUT2D eigenvalue weighted by Crippen LogP contribution is 2.31. The molecule has 0 saturated carbocycles. The van der Waals surface area contributed by atoms with Gasteiger partial charge in [0.1, 0.15) is 0 Å². The topological polar surface area (TPSA) is 43.8 Å². The van der Waals surface area contributed by atoms with Crippen LogP contribution in [0.3, 0.4) is 0 Å². The molecule has 19 heavy (non-hydrogen) atoms. The number of carbonyl (C=O) groups is 1. The summed E-state index contributed by atoms with van der Waals surface area (Å²) < 4.78 is 0. The van der Waals surface area contributed by atoms with Crippen LogP contribution < -0.4 is 0 Å². The second kappa shape index (κ2) is 4.94. The minimum atomic E-state index is -0.705. The van der Waals surface area contributed by atoms with E-state index in [1.165, 1.54) is 5.56 Å². The Bertz CT molecular complexity index is 489. The van der Waals surface area contributed by atoms with E-state index in [1.54, 1.807) is 0 Å². The van der Waals surface area contributed by atoms with Crippen molar-refractivity contribution in [1.82, 2.24) is 9.80 Å². The van der Waals surface area contributed by atoms with E-state index in [1.807, 2.05) is 18.2 Å². The third-order valence-electron chi connectivity index (χ3n) is 4.40. The van der Waals surface area contributed by atoms with Crippen LogP contribution >= 0.6 is 0 Å². The van der Waals surface area contributed by atoms with Crippen molar-refractivity contribution in [3.8, 4) is 0 Å². The maximum atomic E-state index is 11.5. The minimum absolute atomic E-state index is 0.379. The van der Waals surface area contributed by atoms with Crippen LogP contribution in [0.1, 0.15) is 23.5 Å². The van der Waals surface area contributed by atoms with Crippen molar-refractivity contribution in [2.24, 2.45) is 0 Å². The van der Waals surface area contributed by atoms with Crippen molar-refractivity contribution in [2.75, 3.05) is 26.7 Å². The van der Waals surface area contributed by atoms with Gasteiger partial charge in [0.15, 0.2) is 0 Å². The zero-order valence-corrected chi connectivity index (χ0v) is 11.2. The number of hydrogen-bond donors (Lipinski definition) is 1. The maximum absolute atomic E-state index is 11.5. The fraction of sp³-hybridized carbons (Fsp3) is 0.533. The molecule has 1 N–H and O–H groups in total. The molecular weight excluding hydrogens is 240 g/mol. The Morgan fingerprint density at radius 1 is 1.32 bits per heavy atom. The summed E-state index contributed by atoms with van der Waals surface area (Å²) in [6.45, 7) is 3.69. The molecule has 3 rings (SSSR count). The highest BCUT2D eigenvalue weighted by atomic mass is 16.4. The SMILES string of the molecule is CN1CCC(N2Cc3ccccc3C(C(=O)O)C2)C1. The normalized spacial score (nSPS) is 28.3. The summed E-state index contributed by atoms with van der Waals surface area (Å²) in [5.74, 6) is -1.08. The largest absolute Gasteiger partial charge is 0.481 e. The third-order valence-corrected chi connectivity index (χ3v) is 4.40. The quantitative estimate of drug-likeness (QED) is 0.872. The Labute approximate surface area is 113 Å². The predicted molar refractivity (Wildman–Crippen MR) is 73.1 cm³/mol. The minimum Gasteiger partial charge on any atom is -0.481 e. The van der Waals surface area contributed by atoms with Gasteiger partial charge in [0.2, 0.25) is 0 Å². The van der Waals surface area contributed by atoms with Crippen LogP contribution in [0.2, 0.25) is 0 Å². The summed E-state index contributed by atoms with van der Waals surface area (Å²) in [5, 5.41) is 9.46. The van der Waals surface area contributed by atoms with Crippen LogP contribution in [0, 0.1) is 0 Å².